The van der Waals surface area contributed by atoms with E-state index in [1.54, 1.807) is 19.1 Å². The summed E-state index contributed by atoms with van der Waals surface area (Å²) in [5.41, 5.74) is -0.259. The molecule has 0 radical (unpaired) electrons. The van der Waals surface area contributed by atoms with E-state index < -0.39 is 11.4 Å². The quantitative estimate of drug-likeness (QED) is 0.929. The second-order valence-electron chi connectivity index (χ2n) is 4.42. The largest absolute Gasteiger partial charge is 0.496 e. The van der Waals surface area contributed by atoms with E-state index in [9.17, 15) is 9.50 Å². The number of halogens is 2. The fourth-order valence-corrected chi connectivity index (χ4v) is 2.25. The van der Waals surface area contributed by atoms with Gasteiger partial charge in [-0.2, -0.15) is 0 Å². The van der Waals surface area contributed by atoms with Crippen LogP contribution in [0.3, 0.4) is 0 Å². The Kier molecular flexibility index (Phi) is 3.92. The van der Waals surface area contributed by atoms with E-state index in [1.165, 1.54) is 25.3 Å². The number of benzene rings is 2. The monoisotopic (exact) mass is 324 g/mol. The lowest BCUT2D eigenvalue weighted by Crippen LogP contribution is -2.23. The van der Waals surface area contributed by atoms with Gasteiger partial charge in [0.1, 0.15) is 17.2 Å². The molecule has 2 rings (SSSR count). The van der Waals surface area contributed by atoms with E-state index in [0.717, 1.165) is 4.47 Å². The number of hydrogen-bond acceptors (Lipinski definition) is 2. The Morgan fingerprint density at radius 1 is 1.16 bits per heavy atom. The molecule has 2 aromatic carbocycles. The van der Waals surface area contributed by atoms with Crippen LogP contribution in [0.4, 0.5) is 4.39 Å². The lowest BCUT2D eigenvalue weighted by molar-refractivity contribution is 0.0985. The van der Waals surface area contributed by atoms with Crippen molar-refractivity contribution in [2.75, 3.05) is 7.11 Å². The van der Waals surface area contributed by atoms with Crippen molar-refractivity contribution in [1.29, 1.82) is 0 Å². The molecule has 1 atom stereocenters. The molecule has 4 heteroatoms. The zero-order valence-corrected chi connectivity index (χ0v) is 12.2. The Hall–Kier alpha value is -1.39. The van der Waals surface area contributed by atoms with Gasteiger partial charge in [0.2, 0.25) is 0 Å². The normalized spacial score (nSPS) is 13.9. The molecular weight excluding hydrogens is 311 g/mol. The highest BCUT2D eigenvalue weighted by molar-refractivity contribution is 9.10. The van der Waals surface area contributed by atoms with Crippen LogP contribution in [0.2, 0.25) is 0 Å². The summed E-state index contributed by atoms with van der Waals surface area (Å²) in [6, 6.07) is 11.3. The SMILES string of the molecule is COc1ccc(F)cc1C(C)(O)c1ccc(Br)cc1. The van der Waals surface area contributed by atoms with Crippen molar-refractivity contribution in [1.82, 2.24) is 0 Å². The van der Waals surface area contributed by atoms with Crippen molar-refractivity contribution >= 4 is 15.9 Å². The van der Waals surface area contributed by atoms with Gasteiger partial charge in [-0.1, -0.05) is 28.1 Å². The zero-order valence-electron chi connectivity index (χ0n) is 10.7. The third kappa shape index (κ3) is 2.80. The van der Waals surface area contributed by atoms with Crippen molar-refractivity contribution < 1.29 is 14.2 Å². The predicted octanol–water partition coefficient (Wildman–Crippen LogP) is 3.85. The maximum absolute atomic E-state index is 13.4. The maximum atomic E-state index is 13.4. The Bertz CT molecular complexity index is 579. The third-order valence-electron chi connectivity index (χ3n) is 3.09. The molecule has 0 aliphatic carbocycles. The fraction of sp³-hybridized carbons (Fsp3) is 0.200. The number of rotatable bonds is 3. The summed E-state index contributed by atoms with van der Waals surface area (Å²) in [7, 11) is 1.49. The number of hydrogen-bond donors (Lipinski definition) is 1. The van der Waals surface area contributed by atoms with Crippen LogP contribution in [0.1, 0.15) is 18.1 Å². The Morgan fingerprint density at radius 2 is 1.79 bits per heavy atom. The topological polar surface area (TPSA) is 29.5 Å². The molecule has 0 aliphatic heterocycles. The van der Waals surface area contributed by atoms with Crippen LogP contribution in [0, 0.1) is 5.82 Å². The zero-order chi connectivity index (χ0) is 14.0. The highest BCUT2D eigenvalue weighted by Gasteiger charge is 2.29. The van der Waals surface area contributed by atoms with Crippen molar-refractivity contribution in [3.63, 3.8) is 0 Å². The second kappa shape index (κ2) is 5.31. The molecule has 0 heterocycles. The van der Waals surface area contributed by atoms with Crippen LogP contribution in [-0.2, 0) is 5.60 Å². The van der Waals surface area contributed by atoms with E-state index in [4.69, 9.17) is 4.74 Å². The van der Waals surface area contributed by atoms with Gasteiger partial charge in [0.15, 0.2) is 0 Å². The molecule has 100 valence electrons. The average Bonchev–Trinajstić information content (AvgIpc) is 2.39. The summed E-state index contributed by atoms with van der Waals surface area (Å²) >= 11 is 3.34. The first kappa shape index (κ1) is 14.0. The molecule has 2 nitrogen and oxygen atoms in total. The molecule has 0 amide bonds. The minimum Gasteiger partial charge on any atom is -0.496 e. The van der Waals surface area contributed by atoms with Gasteiger partial charge in [0, 0.05) is 10.0 Å². The van der Waals surface area contributed by atoms with Crippen molar-refractivity contribution in [2.45, 2.75) is 12.5 Å². The van der Waals surface area contributed by atoms with Gasteiger partial charge in [-0.3, -0.25) is 0 Å². The van der Waals surface area contributed by atoms with Gasteiger partial charge in [0.25, 0.3) is 0 Å². The second-order valence-corrected chi connectivity index (χ2v) is 5.34. The first-order valence-electron chi connectivity index (χ1n) is 5.77. The molecule has 0 saturated carbocycles. The van der Waals surface area contributed by atoms with Crippen LogP contribution in [0.5, 0.6) is 5.75 Å². The molecule has 0 bridgehead atoms. The fourth-order valence-electron chi connectivity index (χ4n) is 1.99. The summed E-state index contributed by atoms with van der Waals surface area (Å²) in [5.74, 6) is 0.0440. The first-order chi connectivity index (χ1) is 8.95. The van der Waals surface area contributed by atoms with Gasteiger partial charge in [0.05, 0.1) is 7.11 Å². The van der Waals surface area contributed by atoms with E-state index >= 15 is 0 Å². The van der Waals surface area contributed by atoms with Gasteiger partial charge in [-0.15, -0.1) is 0 Å². The molecule has 0 spiro atoms. The Morgan fingerprint density at radius 3 is 2.37 bits per heavy atom. The van der Waals surface area contributed by atoms with Crippen LogP contribution < -0.4 is 4.74 Å². The molecule has 1 N–H and O–H groups in total. The van der Waals surface area contributed by atoms with Gasteiger partial charge in [-0.25, -0.2) is 4.39 Å². The average molecular weight is 325 g/mol. The van der Waals surface area contributed by atoms with Crippen LogP contribution >= 0.6 is 15.9 Å². The maximum Gasteiger partial charge on any atom is 0.125 e. The first-order valence-corrected chi connectivity index (χ1v) is 6.57. The van der Waals surface area contributed by atoms with Crippen LogP contribution in [-0.4, -0.2) is 12.2 Å². The van der Waals surface area contributed by atoms with E-state index in [2.05, 4.69) is 15.9 Å². The van der Waals surface area contributed by atoms with Gasteiger partial charge >= 0.3 is 0 Å². The minimum atomic E-state index is -1.33. The lowest BCUT2D eigenvalue weighted by Gasteiger charge is -2.26. The minimum absolute atomic E-state index is 0.400. The van der Waals surface area contributed by atoms with Crippen LogP contribution in [0.25, 0.3) is 0 Å². The summed E-state index contributed by atoms with van der Waals surface area (Å²) < 4.78 is 19.5. The van der Waals surface area contributed by atoms with E-state index in [1.807, 2.05) is 12.1 Å². The summed E-state index contributed by atoms with van der Waals surface area (Å²) in [5, 5.41) is 10.7. The van der Waals surface area contributed by atoms with Crippen molar-refractivity contribution in [2.24, 2.45) is 0 Å². The molecule has 19 heavy (non-hydrogen) atoms. The lowest BCUT2D eigenvalue weighted by atomic mass is 9.87. The smallest absolute Gasteiger partial charge is 0.125 e. The highest BCUT2D eigenvalue weighted by Crippen LogP contribution is 2.36. The summed E-state index contributed by atoms with van der Waals surface area (Å²) in [6.07, 6.45) is 0. The van der Waals surface area contributed by atoms with Gasteiger partial charge < -0.3 is 9.84 Å². The number of aliphatic hydroxyl groups is 1. The van der Waals surface area contributed by atoms with Crippen molar-refractivity contribution in [3.8, 4) is 5.75 Å². The van der Waals surface area contributed by atoms with E-state index in [-0.39, 0.29) is 0 Å². The van der Waals surface area contributed by atoms with Gasteiger partial charge in [-0.05, 0) is 42.8 Å². The highest BCUT2D eigenvalue weighted by atomic mass is 79.9. The Balaban J connectivity index is 2.55. The summed E-state index contributed by atoms with van der Waals surface area (Å²) in [6.45, 7) is 1.62. The van der Waals surface area contributed by atoms with Crippen LogP contribution in [0.15, 0.2) is 46.9 Å². The predicted molar refractivity (Wildman–Crippen MR) is 75.8 cm³/mol. The molecule has 0 aliphatic rings. The molecule has 1 unspecified atom stereocenters. The molecule has 0 saturated heterocycles. The number of ether oxygens (including phenoxy) is 1. The molecule has 0 fully saturated rings. The standard InChI is InChI=1S/C15H14BrFO2/c1-15(18,10-3-5-11(16)6-4-10)13-9-12(17)7-8-14(13)19-2/h3-9,18H,1-2H3. The van der Waals surface area contributed by atoms with E-state index in [0.29, 0.717) is 16.9 Å². The molecule has 0 aromatic heterocycles. The third-order valence-corrected chi connectivity index (χ3v) is 3.62. The van der Waals surface area contributed by atoms with Crippen molar-refractivity contribution in [3.05, 3.63) is 63.9 Å². The number of methoxy groups -OCH3 is 1. The molecule has 2 aromatic rings. The Labute approximate surface area is 120 Å². The molecular formula is C15H14BrFO2. The summed E-state index contributed by atoms with van der Waals surface area (Å²) in [4.78, 5) is 0.